The predicted molar refractivity (Wildman–Crippen MR) is 131 cm³/mol. The van der Waals surface area contributed by atoms with Gasteiger partial charge in [0.2, 0.25) is 0 Å². The van der Waals surface area contributed by atoms with Crippen molar-refractivity contribution in [2.24, 2.45) is 0 Å². The molecule has 8 heteroatoms. The van der Waals surface area contributed by atoms with Crippen LogP contribution in [-0.4, -0.2) is 64.2 Å². The van der Waals surface area contributed by atoms with E-state index in [1.165, 1.54) is 0 Å². The summed E-state index contributed by atoms with van der Waals surface area (Å²) < 4.78 is 8.80. The molecule has 4 heterocycles. The SMILES string of the molecule is Cc1cccn2c(=O)c3cc(C(=O)NCCCN4CCOCC4)n(Cc4ccccc4)c3nc12. The van der Waals surface area contributed by atoms with Gasteiger partial charge in [-0.2, -0.15) is 0 Å². The quantitative estimate of drug-likeness (QED) is 0.430. The maximum absolute atomic E-state index is 13.3. The molecule has 0 aliphatic carbocycles. The molecular formula is C26H29N5O3. The summed E-state index contributed by atoms with van der Waals surface area (Å²) in [6.45, 7) is 7.27. The lowest BCUT2D eigenvalue weighted by Crippen LogP contribution is -2.38. The first kappa shape index (κ1) is 22.3. The smallest absolute Gasteiger partial charge is 0.268 e. The zero-order valence-corrected chi connectivity index (χ0v) is 19.4. The number of nitrogens with zero attached hydrogens (tertiary/aromatic N) is 4. The normalized spacial score (nSPS) is 14.6. The molecule has 1 aromatic carbocycles. The minimum absolute atomic E-state index is 0.170. The summed E-state index contributed by atoms with van der Waals surface area (Å²) in [7, 11) is 0. The largest absolute Gasteiger partial charge is 0.379 e. The van der Waals surface area contributed by atoms with Gasteiger partial charge >= 0.3 is 0 Å². The van der Waals surface area contributed by atoms with E-state index < -0.39 is 0 Å². The average Bonchev–Trinajstić information content (AvgIpc) is 3.22. The average molecular weight is 460 g/mol. The summed E-state index contributed by atoms with van der Waals surface area (Å²) in [6, 6.07) is 15.4. The molecule has 1 saturated heterocycles. The van der Waals surface area contributed by atoms with Crippen molar-refractivity contribution in [1.82, 2.24) is 24.2 Å². The van der Waals surface area contributed by atoms with Gasteiger partial charge in [0.05, 0.1) is 18.6 Å². The number of nitrogens with one attached hydrogen (secondary N) is 1. The van der Waals surface area contributed by atoms with E-state index in [0.29, 0.717) is 35.5 Å². The molecule has 1 aliphatic heterocycles. The van der Waals surface area contributed by atoms with Gasteiger partial charge in [-0.25, -0.2) is 4.98 Å². The molecule has 0 bridgehead atoms. The lowest BCUT2D eigenvalue weighted by Gasteiger charge is -2.26. The summed E-state index contributed by atoms with van der Waals surface area (Å²) in [4.78, 5) is 33.7. The lowest BCUT2D eigenvalue weighted by atomic mass is 10.2. The lowest BCUT2D eigenvalue weighted by molar-refractivity contribution is 0.0374. The monoisotopic (exact) mass is 459 g/mol. The summed E-state index contributed by atoms with van der Waals surface area (Å²) >= 11 is 0. The fourth-order valence-corrected chi connectivity index (χ4v) is 4.50. The van der Waals surface area contributed by atoms with Gasteiger partial charge in [0.15, 0.2) is 0 Å². The van der Waals surface area contributed by atoms with Gasteiger partial charge in [0, 0.05) is 32.4 Å². The summed E-state index contributed by atoms with van der Waals surface area (Å²) in [6.07, 6.45) is 2.58. The van der Waals surface area contributed by atoms with Gasteiger partial charge in [-0.1, -0.05) is 36.4 Å². The molecule has 176 valence electrons. The molecule has 0 spiro atoms. The summed E-state index contributed by atoms with van der Waals surface area (Å²) in [5.41, 5.74) is 3.35. The topological polar surface area (TPSA) is 80.9 Å². The maximum atomic E-state index is 13.3. The molecule has 0 saturated carbocycles. The van der Waals surface area contributed by atoms with Gasteiger partial charge < -0.3 is 14.6 Å². The summed E-state index contributed by atoms with van der Waals surface area (Å²) in [5, 5.41) is 3.49. The highest BCUT2D eigenvalue weighted by molar-refractivity contribution is 5.98. The summed E-state index contributed by atoms with van der Waals surface area (Å²) in [5.74, 6) is -0.193. The van der Waals surface area contributed by atoms with Crippen LogP contribution in [0.25, 0.3) is 16.7 Å². The van der Waals surface area contributed by atoms with Crippen molar-refractivity contribution in [3.63, 3.8) is 0 Å². The molecule has 5 rings (SSSR count). The maximum Gasteiger partial charge on any atom is 0.268 e. The van der Waals surface area contributed by atoms with E-state index in [1.54, 1.807) is 16.7 Å². The molecule has 3 aromatic heterocycles. The number of ether oxygens (including phenoxy) is 1. The van der Waals surface area contributed by atoms with E-state index in [0.717, 1.165) is 50.4 Å². The number of aryl methyl sites for hydroxylation is 1. The molecular weight excluding hydrogens is 430 g/mol. The molecule has 1 fully saturated rings. The van der Waals surface area contributed by atoms with Gasteiger partial charge in [0.1, 0.15) is 17.0 Å². The zero-order chi connectivity index (χ0) is 23.5. The Morgan fingerprint density at radius 2 is 1.88 bits per heavy atom. The van der Waals surface area contributed by atoms with Gasteiger partial charge in [-0.05, 0) is 43.1 Å². The van der Waals surface area contributed by atoms with Crippen molar-refractivity contribution in [2.75, 3.05) is 39.4 Å². The second-order valence-electron chi connectivity index (χ2n) is 8.70. The predicted octanol–water partition coefficient (Wildman–Crippen LogP) is 2.46. The van der Waals surface area contributed by atoms with E-state index in [4.69, 9.17) is 9.72 Å². The van der Waals surface area contributed by atoms with Crippen LogP contribution in [0.2, 0.25) is 0 Å². The molecule has 8 nitrogen and oxygen atoms in total. The Bertz CT molecular complexity index is 1370. The highest BCUT2D eigenvalue weighted by Crippen LogP contribution is 2.19. The van der Waals surface area contributed by atoms with Crippen molar-refractivity contribution < 1.29 is 9.53 Å². The Morgan fingerprint density at radius 3 is 2.68 bits per heavy atom. The highest BCUT2D eigenvalue weighted by Gasteiger charge is 2.20. The van der Waals surface area contributed by atoms with E-state index in [9.17, 15) is 9.59 Å². The zero-order valence-electron chi connectivity index (χ0n) is 19.4. The third-order valence-corrected chi connectivity index (χ3v) is 6.35. The Kier molecular flexibility index (Phi) is 6.42. The Labute approximate surface area is 197 Å². The number of aromatic nitrogens is 3. The van der Waals surface area contributed by atoms with Crippen LogP contribution >= 0.6 is 0 Å². The number of carbonyl (C=O) groups excluding carboxylic acids is 1. The molecule has 0 atom stereocenters. The van der Waals surface area contributed by atoms with Crippen molar-refractivity contribution in [3.8, 4) is 0 Å². The molecule has 1 amide bonds. The number of hydrogen-bond donors (Lipinski definition) is 1. The number of amides is 1. The number of morpholine rings is 1. The minimum Gasteiger partial charge on any atom is -0.379 e. The van der Waals surface area contributed by atoms with E-state index >= 15 is 0 Å². The first-order valence-corrected chi connectivity index (χ1v) is 11.8. The third-order valence-electron chi connectivity index (χ3n) is 6.35. The Hall–Kier alpha value is -3.49. The minimum atomic E-state index is -0.193. The van der Waals surface area contributed by atoms with Gasteiger partial charge in [0.25, 0.3) is 11.5 Å². The Morgan fingerprint density at radius 1 is 1.09 bits per heavy atom. The van der Waals surface area contributed by atoms with Crippen molar-refractivity contribution in [3.05, 3.63) is 81.9 Å². The number of benzene rings is 1. The second-order valence-corrected chi connectivity index (χ2v) is 8.70. The third kappa shape index (κ3) is 4.47. The van der Waals surface area contributed by atoms with Gasteiger partial charge in [-0.15, -0.1) is 0 Å². The molecule has 0 radical (unpaired) electrons. The standard InChI is InChI=1S/C26H29N5O3/c1-19-7-5-12-30-23(19)28-24-21(26(30)33)17-22(31(24)18-20-8-3-2-4-9-20)25(32)27-10-6-11-29-13-15-34-16-14-29/h2-5,7-9,12,17H,6,10-11,13-16,18H2,1H3,(H,27,32). The van der Waals surface area contributed by atoms with Crippen molar-refractivity contribution >= 4 is 22.6 Å². The number of hydrogen-bond acceptors (Lipinski definition) is 5. The van der Waals surface area contributed by atoms with Crippen LogP contribution in [-0.2, 0) is 11.3 Å². The molecule has 0 unspecified atom stereocenters. The number of fused-ring (bicyclic) bond motifs is 2. The van der Waals surface area contributed by atoms with E-state index in [-0.39, 0.29) is 11.5 Å². The molecule has 34 heavy (non-hydrogen) atoms. The van der Waals surface area contributed by atoms with E-state index in [1.807, 2.05) is 54.0 Å². The van der Waals surface area contributed by atoms with E-state index in [2.05, 4.69) is 10.2 Å². The fourth-order valence-electron chi connectivity index (χ4n) is 4.50. The van der Waals surface area contributed by atoms with Crippen LogP contribution in [0.4, 0.5) is 0 Å². The van der Waals surface area contributed by atoms with Crippen LogP contribution in [0.3, 0.4) is 0 Å². The van der Waals surface area contributed by atoms with Crippen LogP contribution < -0.4 is 10.9 Å². The Balaban J connectivity index is 1.46. The van der Waals surface area contributed by atoms with Crippen LogP contribution in [0.15, 0.2) is 59.5 Å². The van der Waals surface area contributed by atoms with Gasteiger partial charge in [-0.3, -0.25) is 18.9 Å². The van der Waals surface area contributed by atoms with Crippen LogP contribution in [0.5, 0.6) is 0 Å². The first-order chi connectivity index (χ1) is 16.6. The highest BCUT2D eigenvalue weighted by atomic mass is 16.5. The first-order valence-electron chi connectivity index (χ1n) is 11.8. The molecule has 1 N–H and O–H groups in total. The molecule has 4 aromatic rings. The van der Waals surface area contributed by atoms with Crippen molar-refractivity contribution in [2.45, 2.75) is 19.9 Å². The van der Waals surface area contributed by atoms with Crippen LogP contribution in [0.1, 0.15) is 28.0 Å². The number of rotatable bonds is 7. The number of pyridine rings is 1. The fraction of sp³-hybridized carbons (Fsp3) is 0.346. The van der Waals surface area contributed by atoms with Crippen molar-refractivity contribution in [1.29, 1.82) is 0 Å². The second kappa shape index (κ2) is 9.79. The van der Waals surface area contributed by atoms with Crippen LogP contribution in [0, 0.1) is 6.92 Å². The number of carbonyl (C=O) groups is 1. The molecule has 1 aliphatic rings.